The molecule has 1 heterocycles. The van der Waals surface area contributed by atoms with Crippen molar-refractivity contribution in [1.82, 2.24) is 10.3 Å². The van der Waals surface area contributed by atoms with E-state index in [9.17, 15) is 14.7 Å². The van der Waals surface area contributed by atoms with Crippen LogP contribution < -0.4 is 5.32 Å². The topological polar surface area (TPSA) is 88.5 Å². The van der Waals surface area contributed by atoms with Crippen molar-refractivity contribution >= 4 is 35.4 Å². The standard InChI is InChI=1S/C18H19ClN2O4S/c19-16-8-4-7-14(20-16)12-26-10-9-15(17(22)23)21-18(24)25-11-13-5-2-1-3-6-13/h1-8,15H,9-12H2,(H,21,24)(H,22,23). The molecule has 1 aromatic heterocycles. The molecule has 138 valence electrons. The van der Waals surface area contributed by atoms with Gasteiger partial charge in [-0.05, 0) is 29.9 Å². The Kier molecular flexibility index (Phi) is 8.24. The summed E-state index contributed by atoms with van der Waals surface area (Å²) < 4.78 is 5.05. The van der Waals surface area contributed by atoms with E-state index in [0.717, 1.165) is 11.3 Å². The number of ether oxygens (including phenoxy) is 1. The van der Waals surface area contributed by atoms with Crippen LogP contribution >= 0.6 is 23.4 Å². The van der Waals surface area contributed by atoms with Crippen molar-refractivity contribution in [2.24, 2.45) is 0 Å². The lowest BCUT2D eigenvalue weighted by Gasteiger charge is -2.14. The number of thioether (sulfide) groups is 1. The van der Waals surface area contributed by atoms with Crippen LogP contribution in [0.5, 0.6) is 0 Å². The molecular formula is C18H19ClN2O4S. The second-order valence-corrected chi connectivity index (χ2v) is 6.88. The fourth-order valence-electron chi connectivity index (χ4n) is 2.07. The van der Waals surface area contributed by atoms with E-state index in [1.54, 1.807) is 6.07 Å². The van der Waals surface area contributed by atoms with E-state index in [4.69, 9.17) is 16.3 Å². The van der Waals surface area contributed by atoms with Crippen LogP contribution in [0.3, 0.4) is 0 Å². The van der Waals surface area contributed by atoms with E-state index in [1.807, 2.05) is 42.5 Å². The number of halogens is 1. The van der Waals surface area contributed by atoms with Crippen LogP contribution in [0, 0.1) is 0 Å². The number of carboxylic acid groups (broad SMARTS) is 1. The summed E-state index contributed by atoms with van der Waals surface area (Å²) in [5, 5.41) is 12.1. The van der Waals surface area contributed by atoms with Gasteiger partial charge in [0.2, 0.25) is 0 Å². The van der Waals surface area contributed by atoms with Crippen molar-refractivity contribution in [3.05, 3.63) is 64.9 Å². The average molecular weight is 395 g/mol. The summed E-state index contributed by atoms with van der Waals surface area (Å²) in [5.74, 6) is 0.0679. The van der Waals surface area contributed by atoms with Crippen LogP contribution in [0.2, 0.25) is 5.15 Å². The van der Waals surface area contributed by atoms with Gasteiger partial charge in [-0.25, -0.2) is 14.6 Å². The molecule has 0 bridgehead atoms. The SMILES string of the molecule is O=C(NC(CCSCc1cccc(Cl)n1)C(=O)O)OCc1ccccc1. The number of pyridine rings is 1. The smallest absolute Gasteiger partial charge is 0.408 e. The third-order valence-corrected chi connectivity index (χ3v) is 4.61. The first kappa shape index (κ1) is 20.1. The van der Waals surface area contributed by atoms with Crippen LogP contribution in [0.4, 0.5) is 4.79 Å². The predicted molar refractivity (Wildman–Crippen MR) is 101 cm³/mol. The van der Waals surface area contributed by atoms with E-state index in [2.05, 4.69) is 10.3 Å². The third-order valence-electron chi connectivity index (χ3n) is 3.38. The minimum absolute atomic E-state index is 0.0915. The number of hydrogen-bond acceptors (Lipinski definition) is 5. The van der Waals surface area contributed by atoms with Crippen molar-refractivity contribution in [2.75, 3.05) is 5.75 Å². The van der Waals surface area contributed by atoms with Gasteiger partial charge in [0.05, 0.1) is 5.69 Å². The first-order valence-corrected chi connectivity index (χ1v) is 9.47. The first-order chi connectivity index (χ1) is 12.5. The molecule has 0 aliphatic rings. The highest BCUT2D eigenvalue weighted by Gasteiger charge is 2.20. The molecule has 1 amide bonds. The number of rotatable bonds is 9. The number of carbonyl (C=O) groups is 2. The van der Waals surface area contributed by atoms with Gasteiger partial charge in [-0.3, -0.25) is 0 Å². The molecule has 0 saturated carbocycles. The molecule has 1 atom stereocenters. The number of aliphatic carboxylic acids is 1. The number of carboxylic acids is 1. The molecule has 26 heavy (non-hydrogen) atoms. The Morgan fingerprint density at radius 2 is 1.96 bits per heavy atom. The minimum Gasteiger partial charge on any atom is -0.480 e. The molecule has 0 spiro atoms. The number of carbonyl (C=O) groups excluding carboxylic acids is 1. The maximum Gasteiger partial charge on any atom is 0.408 e. The van der Waals surface area contributed by atoms with Crippen molar-refractivity contribution in [3.8, 4) is 0 Å². The van der Waals surface area contributed by atoms with Gasteiger partial charge in [-0.15, -0.1) is 0 Å². The molecule has 1 unspecified atom stereocenters. The monoisotopic (exact) mass is 394 g/mol. The van der Waals surface area contributed by atoms with Crippen LogP contribution in [0.25, 0.3) is 0 Å². The largest absolute Gasteiger partial charge is 0.480 e. The number of hydrogen-bond donors (Lipinski definition) is 2. The highest BCUT2D eigenvalue weighted by molar-refractivity contribution is 7.98. The predicted octanol–water partition coefficient (Wildman–Crippen LogP) is 3.74. The van der Waals surface area contributed by atoms with E-state index in [-0.39, 0.29) is 13.0 Å². The van der Waals surface area contributed by atoms with Crippen LogP contribution in [-0.2, 0) is 21.9 Å². The summed E-state index contributed by atoms with van der Waals surface area (Å²) in [5.41, 5.74) is 1.66. The highest BCUT2D eigenvalue weighted by Crippen LogP contribution is 2.14. The van der Waals surface area contributed by atoms with Crippen molar-refractivity contribution < 1.29 is 19.4 Å². The van der Waals surface area contributed by atoms with Crippen molar-refractivity contribution in [3.63, 3.8) is 0 Å². The molecule has 2 aromatic rings. The Morgan fingerprint density at radius 1 is 1.19 bits per heavy atom. The second kappa shape index (κ2) is 10.7. The average Bonchev–Trinajstić information content (AvgIpc) is 2.63. The normalized spacial score (nSPS) is 11.6. The van der Waals surface area contributed by atoms with Gasteiger partial charge in [0.1, 0.15) is 17.8 Å². The van der Waals surface area contributed by atoms with E-state index >= 15 is 0 Å². The Hall–Kier alpha value is -2.25. The van der Waals surface area contributed by atoms with Gasteiger partial charge in [-0.1, -0.05) is 48.0 Å². The lowest BCUT2D eigenvalue weighted by molar-refractivity contribution is -0.139. The molecule has 0 radical (unpaired) electrons. The second-order valence-electron chi connectivity index (χ2n) is 5.39. The van der Waals surface area contributed by atoms with Gasteiger partial charge in [0.25, 0.3) is 0 Å². The summed E-state index contributed by atoms with van der Waals surface area (Å²) in [4.78, 5) is 27.3. The molecular weight excluding hydrogens is 376 g/mol. The minimum atomic E-state index is -1.09. The van der Waals surface area contributed by atoms with Crippen molar-refractivity contribution in [2.45, 2.75) is 24.8 Å². The summed E-state index contributed by atoms with van der Waals surface area (Å²) in [7, 11) is 0. The zero-order chi connectivity index (χ0) is 18.8. The summed E-state index contributed by atoms with van der Waals surface area (Å²) in [6.45, 7) is 0.0915. The van der Waals surface area contributed by atoms with Gasteiger partial charge in [0, 0.05) is 5.75 Å². The number of aromatic nitrogens is 1. The van der Waals surface area contributed by atoms with Crippen LogP contribution in [0.15, 0.2) is 48.5 Å². The molecule has 0 fully saturated rings. The lowest BCUT2D eigenvalue weighted by atomic mass is 10.2. The number of benzene rings is 1. The fourth-order valence-corrected chi connectivity index (χ4v) is 3.17. The Labute approximate surface area is 160 Å². The van der Waals surface area contributed by atoms with Gasteiger partial charge in [0.15, 0.2) is 0 Å². The number of alkyl carbamates (subject to hydrolysis) is 1. The first-order valence-electron chi connectivity index (χ1n) is 7.94. The van der Waals surface area contributed by atoms with Crippen LogP contribution in [0.1, 0.15) is 17.7 Å². The lowest BCUT2D eigenvalue weighted by Crippen LogP contribution is -2.41. The third kappa shape index (κ3) is 7.33. The zero-order valence-electron chi connectivity index (χ0n) is 13.9. The van der Waals surface area contributed by atoms with Crippen LogP contribution in [-0.4, -0.2) is 33.9 Å². The Bertz CT molecular complexity index is 730. The maximum absolute atomic E-state index is 11.8. The Morgan fingerprint density at radius 3 is 2.65 bits per heavy atom. The van der Waals surface area contributed by atoms with Gasteiger partial charge < -0.3 is 15.2 Å². The number of amides is 1. The quantitative estimate of drug-likeness (QED) is 0.497. The Balaban J connectivity index is 1.72. The maximum atomic E-state index is 11.8. The molecule has 1 aromatic carbocycles. The zero-order valence-corrected chi connectivity index (χ0v) is 15.5. The highest BCUT2D eigenvalue weighted by atomic mass is 35.5. The molecule has 0 aliphatic carbocycles. The molecule has 0 saturated heterocycles. The molecule has 2 N–H and O–H groups in total. The van der Waals surface area contributed by atoms with Gasteiger partial charge in [-0.2, -0.15) is 11.8 Å². The molecule has 2 rings (SSSR count). The van der Waals surface area contributed by atoms with E-state index in [0.29, 0.717) is 16.7 Å². The van der Waals surface area contributed by atoms with E-state index in [1.165, 1.54) is 11.8 Å². The molecule has 0 aliphatic heterocycles. The summed E-state index contributed by atoms with van der Waals surface area (Å²) in [6.07, 6.45) is -0.469. The number of nitrogens with zero attached hydrogens (tertiary/aromatic N) is 1. The summed E-state index contributed by atoms with van der Waals surface area (Å²) in [6, 6.07) is 13.5. The molecule has 8 heteroatoms. The molecule has 6 nitrogen and oxygen atoms in total. The summed E-state index contributed by atoms with van der Waals surface area (Å²) >= 11 is 7.34. The van der Waals surface area contributed by atoms with Gasteiger partial charge >= 0.3 is 12.1 Å². The number of nitrogens with one attached hydrogen (secondary N) is 1. The fraction of sp³-hybridized carbons (Fsp3) is 0.278. The van der Waals surface area contributed by atoms with E-state index < -0.39 is 18.1 Å². The van der Waals surface area contributed by atoms with Crippen molar-refractivity contribution in [1.29, 1.82) is 0 Å².